The number of alkyl halides is 3. The molecule has 138 valence electrons. The van der Waals surface area contributed by atoms with Gasteiger partial charge in [-0.25, -0.2) is 4.79 Å². The van der Waals surface area contributed by atoms with Gasteiger partial charge in [0, 0.05) is 19.6 Å². The third-order valence-electron chi connectivity index (χ3n) is 3.55. The number of rotatable bonds is 5. The van der Waals surface area contributed by atoms with Crippen LogP contribution in [-0.2, 0) is 15.7 Å². The van der Waals surface area contributed by atoms with Crippen molar-refractivity contribution in [3.8, 4) is 0 Å². The minimum atomic E-state index is -4.54. The van der Waals surface area contributed by atoms with Gasteiger partial charge in [0.1, 0.15) is 0 Å². The average Bonchev–Trinajstić information content (AvgIpc) is 2.54. The van der Waals surface area contributed by atoms with E-state index in [2.05, 4.69) is 10.6 Å². The van der Waals surface area contributed by atoms with E-state index in [1.54, 1.807) is 0 Å². The number of carboxylic acids is 1. The monoisotopic (exact) mass is 361 g/mol. The van der Waals surface area contributed by atoms with E-state index in [1.165, 1.54) is 6.07 Å². The Morgan fingerprint density at radius 3 is 2.52 bits per heavy atom. The summed E-state index contributed by atoms with van der Waals surface area (Å²) < 4.78 is 44.0. The van der Waals surface area contributed by atoms with Crippen molar-refractivity contribution in [2.24, 2.45) is 0 Å². The first kappa shape index (κ1) is 18.8. The van der Waals surface area contributed by atoms with Gasteiger partial charge in [0.05, 0.1) is 36.6 Å². The van der Waals surface area contributed by atoms with Gasteiger partial charge in [-0.1, -0.05) is 0 Å². The highest BCUT2D eigenvalue weighted by Crippen LogP contribution is 2.35. The number of carbonyl (C=O) groups excluding carboxylic acids is 1. The Balaban J connectivity index is 2.18. The predicted octanol–water partition coefficient (Wildman–Crippen LogP) is 2.14. The van der Waals surface area contributed by atoms with E-state index in [0.717, 1.165) is 12.1 Å². The number of carbonyl (C=O) groups is 2. The zero-order valence-corrected chi connectivity index (χ0v) is 13.2. The van der Waals surface area contributed by atoms with E-state index in [-0.39, 0.29) is 18.7 Å². The third kappa shape index (κ3) is 5.52. The average molecular weight is 361 g/mol. The zero-order chi connectivity index (χ0) is 18.4. The quantitative estimate of drug-likeness (QED) is 0.748. The molecule has 2 amide bonds. The number of anilines is 2. The lowest BCUT2D eigenvalue weighted by Gasteiger charge is -2.31. The van der Waals surface area contributed by atoms with Gasteiger partial charge >= 0.3 is 18.2 Å². The first-order chi connectivity index (χ1) is 11.8. The van der Waals surface area contributed by atoms with Crippen LogP contribution in [0, 0.1) is 0 Å². The Kier molecular flexibility index (Phi) is 6.07. The number of hydrogen-bond acceptors (Lipinski definition) is 4. The highest BCUT2D eigenvalue weighted by atomic mass is 19.4. The Morgan fingerprint density at radius 2 is 1.92 bits per heavy atom. The lowest BCUT2D eigenvalue weighted by Crippen LogP contribution is -2.37. The summed E-state index contributed by atoms with van der Waals surface area (Å²) in [5.41, 5.74) is -0.431. The molecule has 3 N–H and O–H groups in total. The highest BCUT2D eigenvalue weighted by molar-refractivity contribution is 5.93. The van der Waals surface area contributed by atoms with Crippen molar-refractivity contribution in [3.05, 3.63) is 23.8 Å². The molecule has 0 aliphatic carbocycles. The summed E-state index contributed by atoms with van der Waals surface area (Å²) in [5.74, 6) is -1.09. The van der Waals surface area contributed by atoms with Crippen LogP contribution in [0.15, 0.2) is 18.2 Å². The molecule has 1 aromatic rings. The van der Waals surface area contributed by atoms with Crippen LogP contribution in [0.4, 0.5) is 29.3 Å². The molecule has 0 radical (unpaired) electrons. The summed E-state index contributed by atoms with van der Waals surface area (Å²) in [6, 6.07) is 2.36. The largest absolute Gasteiger partial charge is 0.481 e. The molecule has 0 aromatic heterocycles. The number of benzene rings is 1. The van der Waals surface area contributed by atoms with E-state index >= 15 is 0 Å². The number of morpholine rings is 1. The minimum absolute atomic E-state index is 0.00421. The van der Waals surface area contributed by atoms with Crippen molar-refractivity contribution in [3.63, 3.8) is 0 Å². The topological polar surface area (TPSA) is 90.9 Å². The summed E-state index contributed by atoms with van der Waals surface area (Å²) in [4.78, 5) is 24.1. The van der Waals surface area contributed by atoms with E-state index in [9.17, 15) is 22.8 Å². The fraction of sp³-hybridized carbons (Fsp3) is 0.467. The molecule has 0 bridgehead atoms. The SMILES string of the molecule is O=C(O)CCNC(=O)Nc1cc(C(F)(F)F)ccc1N1CCOCC1. The summed E-state index contributed by atoms with van der Waals surface area (Å²) >= 11 is 0. The maximum absolute atomic E-state index is 12.9. The minimum Gasteiger partial charge on any atom is -0.481 e. The lowest BCUT2D eigenvalue weighted by atomic mass is 10.1. The molecular formula is C15H18F3N3O4. The maximum atomic E-state index is 12.9. The maximum Gasteiger partial charge on any atom is 0.416 e. The van der Waals surface area contributed by atoms with Crippen LogP contribution >= 0.6 is 0 Å². The van der Waals surface area contributed by atoms with Gasteiger partial charge in [0.15, 0.2) is 0 Å². The molecule has 25 heavy (non-hydrogen) atoms. The molecule has 1 saturated heterocycles. The lowest BCUT2D eigenvalue weighted by molar-refractivity contribution is -0.138. The van der Waals surface area contributed by atoms with Gasteiger partial charge in [-0.2, -0.15) is 13.2 Å². The van der Waals surface area contributed by atoms with Crippen molar-refractivity contribution in [2.45, 2.75) is 12.6 Å². The van der Waals surface area contributed by atoms with Crippen LogP contribution in [-0.4, -0.2) is 50.0 Å². The number of halogens is 3. The summed E-state index contributed by atoms with van der Waals surface area (Å²) in [6.45, 7) is 1.71. The van der Waals surface area contributed by atoms with Crippen LogP contribution < -0.4 is 15.5 Å². The highest BCUT2D eigenvalue weighted by Gasteiger charge is 2.31. The van der Waals surface area contributed by atoms with Crippen LogP contribution in [0.5, 0.6) is 0 Å². The number of nitrogens with zero attached hydrogens (tertiary/aromatic N) is 1. The summed E-state index contributed by atoms with van der Waals surface area (Å²) in [6.07, 6.45) is -4.83. The number of aliphatic carboxylic acids is 1. The second kappa shape index (κ2) is 8.06. The smallest absolute Gasteiger partial charge is 0.416 e. The molecule has 0 saturated carbocycles. The Hall–Kier alpha value is -2.49. The van der Waals surface area contributed by atoms with Gasteiger partial charge in [0.25, 0.3) is 0 Å². The van der Waals surface area contributed by atoms with Crippen LogP contribution in [0.2, 0.25) is 0 Å². The Morgan fingerprint density at radius 1 is 1.24 bits per heavy atom. The van der Waals surface area contributed by atoms with Crippen LogP contribution in [0.1, 0.15) is 12.0 Å². The molecule has 10 heteroatoms. The molecular weight excluding hydrogens is 343 g/mol. The Labute approximate surface area is 141 Å². The fourth-order valence-corrected chi connectivity index (χ4v) is 2.34. The fourth-order valence-electron chi connectivity index (χ4n) is 2.34. The van der Waals surface area contributed by atoms with Crippen molar-refractivity contribution >= 4 is 23.4 Å². The normalized spacial score (nSPS) is 14.9. The molecule has 0 spiro atoms. The van der Waals surface area contributed by atoms with Crippen molar-refractivity contribution in [1.29, 1.82) is 0 Å². The molecule has 0 atom stereocenters. The second-order valence-corrected chi connectivity index (χ2v) is 5.35. The van der Waals surface area contributed by atoms with Crippen molar-refractivity contribution in [1.82, 2.24) is 5.32 Å². The molecule has 1 aliphatic heterocycles. The zero-order valence-electron chi connectivity index (χ0n) is 13.2. The number of nitrogens with one attached hydrogen (secondary N) is 2. The second-order valence-electron chi connectivity index (χ2n) is 5.35. The number of urea groups is 1. The first-order valence-electron chi connectivity index (χ1n) is 7.58. The van der Waals surface area contributed by atoms with Crippen LogP contribution in [0.25, 0.3) is 0 Å². The predicted molar refractivity (Wildman–Crippen MR) is 83.8 cm³/mol. The molecule has 1 aliphatic rings. The molecule has 7 nitrogen and oxygen atoms in total. The van der Waals surface area contributed by atoms with E-state index in [1.807, 2.05) is 4.90 Å². The third-order valence-corrected chi connectivity index (χ3v) is 3.55. The van der Waals surface area contributed by atoms with Crippen molar-refractivity contribution < 1.29 is 32.6 Å². The molecule has 1 heterocycles. The Bertz CT molecular complexity index is 631. The van der Waals surface area contributed by atoms with Gasteiger partial charge in [0.2, 0.25) is 0 Å². The van der Waals surface area contributed by atoms with E-state index < -0.39 is 23.7 Å². The molecule has 0 unspecified atom stereocenters. The van der Waals surface area contributed by atoms with Crippen LogP contribution in [0.3, 0.4) is 0 Å². The molecule has 1 fully saturated rings. The number of ether oxygens (including phenoxy) is 1. The summed E-state index contributed by atoms with van der Waals surface area (Å²) in [7, 11) is 0. The number of amides is 2. The van der Waals surface area contributed by atoms with E-state index in [4.69, 9.17) is 9.84 Å². The summed E-state index contributed by atoms with van der Waals surface area (Å²) in [5, 5.41) is 13.2. The standard InChI is InChI=1S/C15H18F3N3O4/c16-15(17,18)10-1-2-12(21-5-7-25-8-6-21)11(9-10)20-14(24)19-4-3-13(22)23/h1-2,9H,3-8H2,(H,22,23)(H2,19,20,24). The van der Waals surface area contributed by atoms with Gasteiger partial charge in [-0.05, 0) is 18.2 Å². The van der Waals surface area contributed by atoms with E-state index in [0.29, 0.717) is 32.0 Å². The van der Waals surface area contributed by atoms with Gasteiger partial charge in [-0.15, -0.1) is 0 Å². The van der Waals surface area contributed by atoms with Gasteiger partial charge < -0.3 is 25.4 Å². The molecule has 1 aromatic carbocycles. The van der Waals surface area contributed by atoms with Crippen molar-refractivity contribution in [2.75, 3.05) is 43.1 Å². The van der Waals surface area contributed by atoms with Gasteiger partial charge in [-0.3, -0.25) is 4.79 Å². The first-order valence-corrected chi connectivity index (χ1v) is 7.58. The molecule has 2 rings (SSSR count). The number of hydrogen-bond donors (Lipinski definition) is 3. The number of carboxylic acid groups (broad SMARTS) is 1.